The van der Waals surface area contributed by atoms with Crippen LogP contribution in [-0.4, -0.2) is 39.9 Å². The van der Waals surface area contributed by atoms with Gasteiger partial charge in [-0.15, -0.1) is 0 Å². The molecule has 0 spiro atoms. The number of guanidine groups is 1. The molecule has 0 aliphatic carbocycles. The molecule has 1 aliphatic heterocycles. The van der Waals surface area contributed by atoms with Gasteiger partial charge in [-0.2, -0.15) is 0 Å². The Bertz CT molecular complexity index is 194. The summed E-state index contributed by atoms with van der Waals surface area (Å²) in [6.07, 6.45) is 2.38. The molecule has 1 aliphatic rings. The third-order valence-corrected chi connectivity index (χ3v) is 2.39. The first kappa shape index (κ1) is 10.1. The molecule has 4 N–H and O–H groups in total. The van der Waals surface area contributed by atoms with Crippen molar-refractivity contribution in [1.29, 1.82) is 0 Å². The fourth-order valence-corrected chi connectivity index (χ4v) is 1.83. The number of aliphatic hydroxyl groups excluding tert-OH is 1. The summed E-state index contributed by atoms with van der Waals surface area (Å²) in [5.74, 6) is 0.156. The second kappa shape index (κ2) is 4.32. The molecule has 0 saturated carbocycles. The maximum absolute atomic E-state index is 9.22. The number of rotatable bonds is 2. The van der Waals surface area contributed by atoms with E-state index in [1.54, 1.807) is 6.92 Å². The van der Waals surface area contributed by atoms with Crippen molar-refractivity contribution in [2.75, 3.05) is 6.54 Å². The van der Waals surface area contributed by atoms with Gasteiger partial charge in [-0.1, -0.05) is 5.16 Å². The van der Waals surface area contributed by atoms with Gasteiger partial charge in [-0.3, -0.25) is 0 Å². The van der Waals surface area contributed by atoms with Gasteiger partial charge < -0.3 is 20.9 Å². The van der Waals surface area contributed by atoms with Crippen LogP contribution >= 0.6 is 0 Å². The van der Waals surface area contributed by atoms with Crippen molar-refractivity contribution in [3.05, 3.63) is 0 Å². The zero-order chi connectivity index (χ0) is 9.84. The van der Waals surface area contributed by atoms with E-state index in [0.717, 1.165) is 19.4 Å². The lowest BCUT2D eigenvalue weighted by molar-refractivity contribution is 0.153. The Balaban J connectivity index is 2.53. The summed E-state index contributed by atoms with van der Waals surface area (Å²) in [5.41, 5.74) is 5.49. The van der Waals surface area contributed by atoms with Gasteiger partial charge in [0.1, 0.15) is 0 Å². The zero-order valence-corrected chi connectivity index (χ0v) is 7.85. The normalized spacial score (nSPS) is 26.5. The fraction of sp³-hybridized carbons (Fsp3) is 0.875. The molecule has 0 aromatic carbocycles. The van der Waals surface area contributed by atoms with Crippen LogP contribution in [0.3, 0.4) is 0 Å². The van der Waals surface area contributed by atoms with E-state index in [0.29, 0.717) is 6.42 Å². The van der Waals surface area contributed by atoms with Crippen molar-refractivity contribution < 1.29 is 10.3 Å². The maximum atomic E-state index is 9.22. The predicted molar refractivity (Wildman–Crippen MR) is 49.4 cm³/mol. The van der Waals surface area contributed by atoms with Crippen LogP contribution < -0.4 is 5.73 Å². The Kier molecular flexibility index (Phi) is 3.36. The third kappa shape index (κ3) is 2.48. The van der Waals surface area contributed by atoms with Gasteiger partial charge in [0.15, 0.2) is 0 Å². The van der Waals surface area contributed by atoms with E-state index in [9.17, 15) is 5.11 Å². The van der Waals surface area contributed by atoms with Crippen LogP contribution in [0.5, 0.6) is 0 Å². The van der Waals surface area contributed by atoms with Gasteiger partial charge in [-0.25, -0.2) is 0 Å². The highest BCUT2D eigenvalue weighted by molar-refractivity contribution is 5.77. The quantitative estimate of drug-likeness (QED) is 0.244. The molecule has 1 saturated heterocycles. The molecule has 13 heavy (non-hydrogen) atoms. The van der Waals surface area contributed by atoms with E-state index < -0.39 is 0 Å². The minimum atomic E-state index is -0.336. The van der Waals surface area contributed by atoms with E-state index in [4.69, 9.17) is 10.9 Å². The maximum Gasteiger partial charge on any atom is 0.233 e. The molecule has 1 heterocycles. The van der Waals surface area contributed by atoms with Crippen LogP contribution in [0.1, 0.15) is 26.2 Å². The molecular weight excluding hydrogens is 170 g/mol. The van der Waals surface area contributed by atoms with Gasteiger partial charge >= 0.3 is 0 Å². The average Bonchev–Trinajstić information content (AvgIpc) is 2.50. The fourth-order valence-electron chi connectivity index (χ4n) is 1.83. The number of nitrogens with two attached hydrogens (primary N) is 1. The highest BCUT2D eigenvalue weighted by Gasteiger charge is 2.27. The van der Waals surface area contributed by atoms with E-state index in [2.05, 4.69) is 5.16 Å². The van der Waals surface area contributed by atoms with Crippen molar-refractivity contribution in [2.24, 2.45) is 10.9 Å². The van der Waals surface area contributed by atoms with Gasteiger partial charge in [0.25, 0.3) is 0 Å². The summed E-state index contributed by atoms with van der Waals surface area (Å²) in [4.78, 5) is 1.84. The van der Waals surface area contributed by atoms with Crippen LogP contribution in [-0.2, 0) is 0 Å². The minimum absolute atomic E-state index is 0.156. The smallest absolute Gasteiger partial charge is 0.233 e. The molecule has 0 bridgehead atoms. The summed E-state index contributed by atoms with van der Waals surface area (Å²) < 4.78 is 0. The summed E-state index contributed by atoms with van der Waals surface area (Å²) in [7, 11) is 0. The van der Waals surface area contributed by atoms with Crippen molar-refractivity contribution in [3.63, 3.8) is 0 Å². The highest BCUT2D eigenvalue weighted by Crippen LogP contribution is 2.20. The highest BCUT2D eigenvalue weighted by atomic mass is 16.4. The number of likely N-dealkylation sites (tertiary alicyclic amines) is 1. The molecule has 0 radical (unpaired) electrons. The molecule has 2 atom stereocenters. The molecule has 5 heteroatoms. The molecule has 1 rings (SSSR count). The Morgan fingerprint density at radius 1 is 1.77 bits per heavy atom. The van der Waals surface area contributed by atoms with Crippen LogP contribution in [0.4, 0.5) is 0 Å². The molecule has 76 valence electrons. The van der Waals surface area contributed by atoms with Crippen molar-refractivity contribution in [1.82, 2.24) is 4.90 Å². The number of nitrogens with zero attached hydrogens (tertiary/aromatic N) is 2. The number of aliphatic hydroxyl groups is 1. The standard InChI is InChI=1S/C8H17N3O2/c1-6(12)5-7-3-2-4-11(7)8(9)10-13/h6-7,12-13H,2-5H2,1H3,(H2,9,10). The second-order valence-electron chi connectivity index (χ2n) is 3.53. The van der Waals surface area contributed by atoms with Crippen LogP contribution in [0.25, 0.3) is 0 Å². The lowest BCUT2D eigenvalue weighted by Crippen LogP contribution is -2.41. The Morgan fingerprint density at radius 3 is 3.00 bits per heavy atom. The zero-order valence-electron chi connectivity index (χ0n) is 7.85. The lowest BCUT2D eigenvalue weighted by atomic mass is 10.1. The van der Waals surface area contributed by atoms with Gasteiger partial charge in [0.2, 0.25) is 5.96 Å². The van der Waals surface area contributed by atoms with E-state index in [1.165, 1.54) is 0 Å². The first-order chi connectivity index (χ1) is 6.15. The third-order valence-electron chi connectivity index (χ3n) is 2.39. The number of oxime groups is 1. The molecule has 5 nitrogen and oxygen atoms in total. The molecular formula is C8H17N3O2. The summed E-state index contributed by atoms with van der Waals surface area (Å²) in [6.45, 7) is 2.57. The Hall–Kier alpha value is -0.970. The summed E-state index contributed by atoms with van der Waals surface area (Å²) >= 11 is 0. The molecule has 0 aromatic heterocycles. The first-order valence-corrected chi connectivity index (χ1v) is 4.57. The number of hydrogen-bond acceptors (Lipinski definition) is 3. The summed E-state index contributed by atoms with van der Waals surface area (Å²) in [5, 5.41) is 20.7. The van der Waals surface area contributed by atoms with E-state index >= 15 is 0 Å². The van der Waals surface area contributed by atoms with Crippen molar-refractivity contribution in [2.45, 2.75) is 38.3 Å². The average molecular weight is 187 g/mol. The Labute approximate surface area is 77.8 Å². The first-order valence-electron chi connectivity index (χ1n) is 4.57. The van der Waals surface area contributed by atoms with Gasteiger partial charge in [0, 0.05) is 12.6 Å². The minimum Gasteiger partial charge on any atom is -0.408 e. The van der Waals surface area contributed by atoms with Crippen molar-refractivity contribution in [3.8, 4) is 0 Å². The SMILES string of the molecule is CC(O)CC1CCCN1/C(N)=N/O. The molecule has 0 aromatic rings. The monoisotopic (exact) mass is 187 g/mol. The van der Waals surface area contributed by atoms with Crippen LogP contribution in [0, 0.1) is 0 Å². The largest absolute Gasteiger partial charge is 0.408 e. The van der Waals surface area contributed by atoms with Crippen molar-refractivity contribution >= 4 is 5.96 Å². The van der Waals surface area contributed by atoms with Gasteiger partial charge in [0.05, 0.1) is 6.10 Å². The van der Waals surface area contributed by atoms with Crippen LogP contribution in [0.2, 0.25) is 0 Å². The van der Waals surface area contributed by atoms with E-state index in [-0.39, 0.29) is 18.1 Å². The van der Waals surface area contributed by atoms with Crippen LogP contribution in [0.15, 0.2) is 5.16 Å². The van der Waals surface area contributed by atoms with Gasteiger partial charge in [-0.05, 0) is 26.2 Å². The Morgan fingerprint density at radius 2 is 2.46 bits per heavy atom. The topological polar surface area (TPSA) is 82.1 Å². The lowest BCUT2D eigenvalue weighted by Gasteiger charge is -2.25. The molecule has 1 fully saturated rings. The molecule has 2 unspecified atom stereocenters. The molecule has 0 amide bonds. The summed E-state index contributed by atoms with van der Waals surface area (Å²) in [6, 6.07) is 0.218. The van der Waals surface area contributed by atoms with E-state index in [1.807, 2.05) is 4.90 Å². The predicted octanol–water partition coefficient (Wildman–Crippen LogP) is -0.0744. The second-order valence-corrected chi connectivity index (χ2v) is 3.53. The number of hydrogen-bond donors (Lipinski definition) is 3.